The molecule has 0 amide bonds. The van der Waals surface area contributed by atoms with Crippen molar-refractivity contribution >= 4 is 6.16 Å². The lowest BCUT2D eigenvalue weighted by Crippen LogP contribution is -2.06. The third-order valence-corrected chi connectivity index (χ3v) is 0.902. The van der Waals surface area contributed by atoms with Gasteiger partial charge in [-0.15, -0.1) is 0 Å². The van der Waals surface area contributed by atoms with Gasteiger partial charge in [-0.2, -0.15) is 4.79 Å². The molecule has 4 heteroatoms. The minimum atomic E-state index is -0.835. The van der Waals surface area contributed by atoms with Crippen LogP contribution in [0.4, 0.5) is 4.79 Å². The van der Waals surface area contributed by atoms with E-state index < -0.39 is 6.16 Å². The third-order valence-electron chi connectivity index (χ3n) is 0.902. The Morgan fingerprint density at radius 1 is 1.64 bits per heavy atom. The van der Waals surface area contributed by atoms with E-state index in [4.69, 9.17) is 0 Å². The second kappa shape index (κ2) is 6.92. The van der Waals surface area contributed by atoms with Crippen molar-refractivity contribution in [1.29, 1.82) is 0 Å². The summed E-state index contributed by atoms with van der Waals surface area (Å²) in [5.74, 6) is 0. The molecule has 11 heavy (non-hydrogen) atoms. The van der Waals surface area contributed by atoms with Crippen LogP contribution < -0.4 is 0 Å². The second-order valence-corrected chi connectivity index (χ2v) is 1.80. The first-order valence-corrected chi connectivity index (χ1v) is 3.42. The monoisotopic (exact) mass is 160 g/mol. The van der Waals surface area contributed by atoms with Gasteiger partial charge in [0.25, 0.3) is 0 Å². The Hall–Kier alpha value is -1.19. The summed E-state index contributed by atoms with van der Waals surface area (Å²) in [6, 6.07) is 0. The summed E-state index contributed by atoms with van der Waals surface area (Å²) < 4.78 is 4.55. The molecule has 0 radical (unpaired) electrons. The molecule has 0 bridgehead atoms. The molecule has 4 nitrogen and oxygen atoms in total. The van der Waals surface area contributed by atoms with Crippen molar-refractivity contribution in [2.45, 2.75) is 19.8 Å². The molecular weight excluding hydrogens is 148 g/mol. The Balaban J connectivity index is 3.15. The lowest BCUT2D eigenvalue weighted by molar-refractivity contribution is -0.207. The van der Waals surface area contributed by atoms with Crippen molar-refractivity contribution in [3.05, 3.63) is 12.8 Å². The molecule has 0 aliphatic rings. The summed E-state index contributed by atoms with van der Waals surface area (Å²) in [4.78, 5) is 18.6. The van der Waals surface area contributed by atoms with Crippen molar-refractivity contribution in [3.8, 4) is 0 Å². The van der Waals surface area contributed by atoms with Crippen LogP contribution in [0.2, 0.25) is 0 Å². The van der Waals surface area contributed by atoms with Crippen LogP contribution in [0.5, 0.6) is 0 Å². The summed E-state index contributed by atoms with van der Waals surface area (Å²) in [5, 5.41) is 0. The quantitative estimate of drug-likeness (QED) is 0.203. The van der Waals surface area contributed by atoms with Gasteiger partial charge in [-0.25, -0.2) is 4.89 Å². The Bertz CT molecular complexity index is 122. The molecule has 0 N–H and O–H groups in total. The van der Waals surface area contributed by atoms with E-state index in [-0.39, 0.29) is 0 Å². The first kappa shape index (κ1) is 9.81. The van der Waals surface area contributed by atoms with Gasteiger partial charge in [-0.1, -0.05) is 19.9 Å². The zero-order valence-electron chi connectivity index (χ0n) is 6.54. The smallest absolute Gasteiger partial charge is 0.432 e. The summed E-state index contributed by atoms with van der Waals surface area (Å²) in [5.41, 5.74) is 0. The second-order valence-electron chi connectivity index (χ2n) is 1.80. The van der Waals surface area contributed by atoms with Crippen molar-refractivity contribution in [2.75, 3.05) is 6.61 Å². The summed E-state index contributed by atoms with van der Waals surface area (Å²) >= 11 is 0. The van der Waals surface area contributed by atoms with Crippen LogP contribution in [-0.4, -0.2) is 12.8 Å². The highest BCUT2D eigenvalue weighted by Gasteiger charge is 2.02. The predicted molar refractivity (Wildman–Crippen MR) is 38.6 cm³/mol. The first-order valence-electron chi connectivity index (χ1n) is 3.42. The van der Waals surface area contributed by atoms with Gasteiger partial charge in [0.2, 0.25) is 0 Å². The normalized spacial score (nSPS) is 8.45. The van der Waals surface area contributed by atoms with Gasteiger partial charge < -0.3 is 4.74 Å². The molecule has 0 aromatic rings. The van der Waals surface area contributed by atoms with Crippen LogP contribution >= 0.6 is 0 Å². The number of carbonyl (C=O) groups excluding carboxylic acids is 1. The predicted octanol–water partition coefficient (Wildman–Crippen LogP) is 2.01. The molecule has 0 rings (SSSR count). The lowest BCUT2D eigenvalue weighted by Gasteiger charge is -2.00. The highest BCUT2D eigenvalue weighted by atomic mass is 17.2. The number of ether oxygens (including phenoxy) is 1. The summed E-state index contributed by atoms with van der Waals surface area (Å²) in [6.45, 7) is 5.53. The van der Waals surface area contributed by atoms with Crippen LogP contribution in [0.15, 0.2) is 12.8 Å². The molecular formula is C7H12O4. The average molecular weight is 160 g/mol. The molecule has 64 valence electrons. The Labute approximate surface area is 65.7 Å². The minimum absolute atomic E-state index is 0.357. The van der Waals surface area contributed by atoms with E-state index >= 15 is 0 Å². The largest absolute Gasteiger partial charge is 0.549 e. The molecule has 0 fully saturated rings. The fourth-order valence-corrected chi connectivity index (χ4v) is 0.397. The van der Waals surface area contributed by atoms with E-state index in [1.54, 1.807) is 0 Å². The van der Waals surface area contributed by atoms with Crippen molar-refractivity contribution in [3.63, 3.8) is 0 Å². The van der Waals surface area contributed by atoms with E-state index in [0.717, 1.165) is 19.1 Å². The fourth-order valence-electron chi connectivity index (χ4n) is 0.397. The molecule has 0 atom stereocenters. The number of unbranched alkanes of at least 4 members (excludes halogenated alkanes) is 1. The molecule has 0 aliphatic heterocycles. The number of hydrogen-bond acceptors (Lipinski definition) is 4. The van der Waals surface area contributed by atoms with Crippen LogP contribution in [0.25, 0.3) is 0 Å². The van der Waals surface area contributed by atoms with E-state index in [2.05, 4.69) is 21.1 Å². The Kier molecular flexibility index (Phi) is 6.17. The minimum Gasteiger partial charge on any atom is -0.432 e. The molecule has 0 saturated heterocycles. The van der Waals surface area contributed by atoms with Gasteiger partial charge in [0.05, 0.1) is 6.61 Å². The zero-order chi connectivity index (χ0) is 8.53. The molecule has 0 spiro atoms. The van der Waals surface area contributed by atoms with Crippen LogP contribution in [0.3, 0.4) is 0 Å². The highest BCUT2D eigenvalue weighted by molar-refractivity contribution is 5.58. The van der Waals surface area contributed by atoms with Gasteiger partial charge >= 0.3 is 6.16 Å². The van der Waals surface area contributed by atoms with Crippen molar-refractivity contribution < 1.29 is 19.3 Å². The lowest BCUT2D eigenvalue weighted by atomic mass is 10.4. The fraction of sp³-hybridized carbons (Fsp3) is 0.571. The SMILES string of the molecule is C=COOC(=O)OCCCC. The average Bonchev–Trinajstić information content (AvgIpc) is 2.01. The maximum atomic E-state index is 10.5. The van der Waals surface area contributed by atoms with Crippen LogP contribution in [0, 0.1) is 0 Å². The van der Waals surface area contributed by atoms with Gasteiger partial charge in [0, 0.05) is 0 Å². The Morgan fingerprint density at radius 2 is 2.36 bits per heavy atom. The number of hydrogen-bond donors (Lipinski definition) is 0. The van der Waals surface area contributed by atoms with Gasteiger partial charge in [0.1, 0.15) is 6.26 Å². The van der Waals surface area contributed by atoms with Gasteiger partial charge in [-0.3, -0.25) is 4.89 Å². The van der Waals surface area contributed by atoms with Crippen molar-refractivity contribution in [2.24, 2.45) is 0 Å². The Morgan fingerprint density at radius 3 is 2.91 bits per heavy atom. The topological polar surface area (TPSA) is 44.8 Å². The summed E-state index contributed by atoms with van der Waals surface area (Å²) in [6.07, 6.45) is 1.96. The maximum absolute atomic E-state index is 10.5. The van der Waals surface area contributed by atoms with Crippen molar-refractivity contribution in [1.82, 2.24) is 0 Å². The van der Waals surface area contributed by atoms with E-state index in [0.29, 0.717) is 6.61 Å². The molecule has 0 aromatic carbocycles. The van der Waals surface area contributed by atoms with E-state index in [1.165, 1.54) is 0 Å². The standard InChI is InChI=1S/C7H12O4/c1-3-5-6-9-7(8)11-10-4-2/h4H,2-3,5-6H2,1H3. The van der Waals surface area contributed by atoms with Gasteiger partial charge in [0.15, 0.2) is 0 Å². The van der Waals surface area contributed by atoms with Crippen LogP contribution in [0.1, 0.15) is 19.8 Å². The number of rotatable bonds is 5. The van der Waals surface area contributed by atoms with E-state index in [1.807, 2.05) is 6.92 Å². The molecule has 0 aliphatic carbocycles. The van der Waals surface area contributed by atoms with Gasteiger partial charge in [-0.05, 0) is 6.42 Å². The molecule has 0 unspecified atom stereocenters. The first-order chi connectivity index (χ1) is 5.31. The summed E-state index contributed by atoms with van der Waals surface area (Å²) in [7, 11) is 0. The number of carbonyl (C=O) groups is 1. The van der Waals surface area contributed by atoms with Crippen LogP contribution in [-0.2, 0) is 14.5 Å². The van der Waals surface area contributed by atoms with E-state index in [9.17, 15) is 4.79 Å². The zero-order valence-corrected chi connectivity index (χ0v) is 6.54. The highest BCUT2D eigenvalue weighted by Crippen LogP contribution is 1.91. The molecule has 0 aromatic heterocycles. The third kappa shape index (κ3) is 6.70. The molecule has 0 heterocycles. The molecule has 0 saturated carbocycles. The maximum Gasteiger partial charge on any atom is 0.549 e.